The van der Waals surface area contributed by atoms with Crippen LogP contribution in [0, 0.1) is 5.92 Å². The van der Waals surface area contributed by atoms with Crippen LogP contribution in [0.5, 0.6) is 0 Å². The van der Waals surface area contributed by atoms with Gasteiger partial charge in [0.1, 0.15) is 12.0 Å². The third kappa shape index (κ3) is 3.53. The summed E-state index contributed by atoms with van der Waals surface area (Å²) in [5.74, 6) is 1.72. The lowest BCUT2D eigenvalue weighted by atomic mass is 9.87. The number of hydrazine groups is 1. The zero-order chi connectivity index (χ0) is 18.1. The van der Waals surface area contributed by atoms with Gasteiger partial charge in [-0.1, -0.05) is 38.2 Å². The molecule has 0 bridgehead atoms. The first kappa shape index (κ1) is 18.0. The van der Waals surface area contributed by atoms with E-state index in [0.717, 1.165) is 35.9 Å². The van der Waals surface area contributed by atoms with Gasteiger partial charge in [-0.2, -0.15) is 0 Å². The number of allylic oxidation sites excluding steroid dienone is 3. The van der Waals surface area contributed by atoms with Crippen molar-refractivity contribution in [2.24, 2.45) is 10.9 Å². The number of ether oxygens (including phenoxy) is 1. The number of aliphatic hydroxyl groups is 1. The maximum absolute atomic E-state index is 10.9. The van der Waals surface area contributed by atoms with E-state index in [1.165, 1.54) is 38.5 Å². The Morgan fingerprint density at radius 3 is 2.92 bits per heavy atom. The number of fused-ring (bicyclic) bond motifs is 2. The summed E-state index contributed by atoms with van der Waals surface area (Å²) in [4.78, 5) is 4.88. The van der Waals surface area contributed by atoms with Gasteiger partial charge in [0.05, 0.1) is 17.8 Å². The van der Waals surface area contributed by atoms with Crippen LogP contribution in [0.1, 0.15) is 58.8 Å². The first-order chi connectivity index (χ1) is 12.5. The largest absolute Gasteiger partial charge is 0.465 e. The molecule has 26 heavy (non-hydrogen) atoms. The van der Waals surface area contributed by atoms with Crippen molar-refractivity contribution >= 4 is 5.71 Å². The zero-order valence-electron chi connectivity index (χ0n) is 15.9. The number of aliphatic imine (C=N–C) groups is 1. The van der Waals surface area contributed by atoms with E-state index in [-0.39, 0.29) is 6.04 Å². The number of aliphatic hydroxyl groups excluding tert-OH is 1. The second kappa shape index (κ2) is 7.29. The van der Waals surface area contributed by atoms with Crippen LogP contribution >= 0.6 is 0 Å². The van der Waals surface area contributed by atoms with E-state index < -0.39 is 11.8 Å². The predicted molar refractivity (Wildman–Crippen MR) is 103 cm³/mol. The molecule has 2 aliphatic heterocycles. The maximum Gasteiger partial charge on any atom is 0.145 e. The van der Waals surface area contributed by atoms with E-state index in [1.807, 2.05) is 24.9 Å². The van der Waals surface area contributed by atoms with E-state index >= 15 is 0 Å². The van der Waals surface area contributed by atoms with Crippen molar-refractivity contribution in [3.05, 3.63) is 35.8 Å². The average molecular weight is 357 g/mol. The number of nitrogens with zero attached hydrogens (tertiary/aromatic N) is 2. The summed E-state index contributed by atoms with van der Waals surface area (Å²) in [6.07, 6.45) is 15.9. The maximum atomic E-state index is 10.9. The third-order valence-corrected chi connectivity index (χ3v) is 6.11. The second-order valence-electron chi connectivity index (χ2n) is 8.53. The van der Waals surface area contributed by atoms with Gasteiger partial charge in [0, 0.05) is 24.3 Å². The monoisotopic (exact) mass is 357 g/mol. The minimum absolute atomic E-state index is 0.0527. The fourth-order valence-corrected chi connectivity index (χ4v) is 4.58. The van der Waals surface area contributed by atoms with Crippen LogP contribution in [0.15, 0.2) is 40.8 Å². The number of hydrogen-bond donors (Lipinski definition) is 2. The molecule has 1 fully saturated rings. The van der Waals surface area contributed by atoms with Crippen molar-refractivity contribution in [1.82, 2.24) is 10.4 Å². The SMILES string of the molecule is CC1(C)N=C2CC3=CC=COC3=CC2N(NCCC2CCCCC2)[C@@H]1O. The second-order valence-corrected chi connectivity index (χ2v) is 8.53. The summed E-state index contributed by atoms with van der Waals surface area (Å²) in [5, 5.41) is 12.9. The summed E-state index contributed by atoms with van der Waals surface area (Å²) in [5.41, 5.74) is 5.27. The molecule has 0 aromatic heterocycles. The molecule has 2 N–H and O–H groups in total. The molecule has 0 amide bonds. The van der Waals surface area contributed by atoms with Crippen molar-refractivity contribution < 1.29 is 9.84 Å². The molecule has 0 spiro atoms. The van der Waals surface area contributed by atoms with Gasteiger partial charge >= 0.3 is 0 Å². The number of nitrogens with one attached hydrogen (secondary N) is 1. The molecule has 2 heterocycles. The van der Waals surface area contributed by atoms with E-state index in [9.17, 15) is 5.11 Å². The third-order valence-electron chi connectivity index (χ3n) is 6.11. The standard InChI is InChI=1S/C21H31N3O2/c1-21(2)20(25)24(22-11-10-15-7-4-3-5-8-15)18-14-19-16(9-6-12-26-19)13-17(18)23-21/h6,9,12,14-15,18,20,22,25H,3-5,7-8,10-11,13H2,1-2H3/t18?,20-/m1/s1. The van der Waals surface area contributed by atoms with Gasteiger partial charge in [0.25, 0.3) is 0 Å². The molecular weight excluding hydrogens is 326 g/mol. The lowest BCUT2D eigenvalue weighted by Gasteiger charge is -2.47. The quantitative estimate of drug-likeness (QED) is 0.809. The van der Waals surface area contributed by atoms with E-state index in [0.29, 0.717) is 0 Å². The van der Waals surface area contributed by atoms with Crippen molar-refractivity contribution in [2.75, 3.05) is 6.54 Å². The number of rotatable bonds is 4. The molecule has 1 saturated carbocycles. The molecular formula is C21H31N3O2. The van der Waals surface area contributed by atoms with Gasteiger partial charge in [-0.25, -0.2) is 5.01 Å². The highest BCUT2D eigenvalue weighted by Gasteiger charge is 2.44. The molecule has 0 radical (unpaired) electrons. The molecule has 0 saturated heterocycles. The lowest BCUT2D eigenvalue weighted by Crippen LogP contribution is -2.64. The highest BCUT2D eigenvalue weighted by Crippen LogP contribution is 2.35. The summed E-state index contributed by atoms with van der Waals surface area (Å²) in [6.45, 7) is 4.90. The van der Waals surface area contributed by atoms with E-state index in [4.69, 9.17) is 9.73 Å². The topological polar surface area (TPSA) is 57.1 Å². The van der Waals surface area contributed by atoms with Crippen LogP contribution in [0.4, 0.5) is 0 Å². The zero-order valence-corrected chi connectivity index (χ0v) is 15.9. The van der Waals surface area contributed by atoms with E-state index in [1.54, 1.807) is 6.26 Å². The molecule has 4 rings (SSSR count). The van der Waals surface area contributed by atoms with Crippen molar-refractivity contribution in [1.29, 1.82) is 0 Å². The van der Waals surface area contributed by atoms with Gasteiger partial charge in [-0.15, -0.1) is 0 Å². The molecule has 5 heteroatoms. The fraction of sp³-hybridized carbons (Fsp3) is 0.667. The van der Waals surface area contributed by atoms with Gasteiger partial charge in [-0.05, 0) is 38.3 Å². The Labute approximate surface area is 156 Å². The Balaban J connectivity index is 1.50. The molecule has 5 nitrogen and oxygen atoms in total. The molecule has 2 aliphatic carbocycles. The highest BCUT2D eigenvalue weighted by atomic mass is 16.5. The van der Waals surface area contributed by atoms with Crippen LogP contribution in [-0.4, -0.2) is 40.2 Å². The molecule has 142 valence electrons. The van der Waals surface area contributed by atoms with Crippen molar-refractivity contribution in [3.63, 3.8) is 0 Å². The predicted octanol–water partition coefficient (Wildman–Crippen LogP) is 3.44. The average Bonchev–Trinajstić information content (AvgIpc) is 2.64. The van der Waals surface area contributed by atoms with Crippen LogP contribution in [-0.2, 0) is 4.74 Å². The molecule has 4 aliphatic rings. The minimum Gasteiger partial charge on any atom is -0.465 e. The Bertz CT molecular complexity index is 656. The number of hydrogen-bond acceptors (Lipinski definition) is 5. The molecule has 1 unspecified atom stereocenters. The summed E-state index contributed by atoms with van der Waals surface area (Å²) < 4.78 is 5.69. The fourth-order valence-electron chi connectivity index (χ4n) is 4.58. The summed E-state index contributed by atoms with van der Waals surface area (Å²) in [6, 6.07) is -0.0527. The van der Waals surface area contributed by atoms with Gasteiger partial charge in [0.15, 0.2) is 0 Å². The van der Waals surface area contributed by atoms with Gasteiger partial charge in [0.2, 0.25) is 0 Å². The summed E-state index contributed by atoms with van der Waals surface area (Å²) >= 11 is 0. The van der Waals surface area contributed by atoms with Gasteiger partial charge in [-0.3, -0.25) is 10.4 Å². The van der Waals surface area contributed by atoms with E-state index in [2.05, 4.69) is 17.6 Å². The Kier molecular flexibility index (Phi) is 5.04. The van der Waals surface area contributed by atoms with Crippen molar-refractivity contribution in [3.8, 4) is 0 Å². The van der Waals surface area contributed by atoms with Gasteiger partial charge < -0.3 is 9.84 Å². The van der Waals surface area contributed by atoms with Crippen molar-refractivity contribution in [2.45, 2.75) is 76.6 Å². The Morgan fingerprint density at radius 2 is 2.12 bits per heavy atom. The molecule has 0 aromatic rings. The minimum atomic E-state index is -0.663. The normalized spacial score (nSPS) is 31.3. The van der Waals surface area contributed by atoms with Crippen LogP contribution in [0.2, 0.25) is 0 Å². The first-order valence-corrected chi connectivity index (χ1v) is 10.1. The molecule has 2 atom stereocenters. The highest BCUT2D eigenvalue weighted by molar-refractivity contribution is 5.96. The smallest absolute Gasteiger partial charge is 0.145 e. The van der Waals surface area contributed by atoms with Crippen LogP contribution < -0.4 is 5.43 Å². The van der Waals surface area contributed by atoms with Crippen LogP contribution in [0.25, 0.3) is 0 Å². The van der Waals surface area contributed by atoms with Crippen LogP contribution in [0.3, 0.4) is 0 Å². The summed E-state index contributed by atoms with van der Waals surface area (Å²) in [7, 11) is 0. The first-order valence-electron chi connectivity index (χ1n) is 10.1. The lowest BCUT2D eigenvalue weighted by molar-refractivity contribution is -0.0841. The molecule has 0 aromatic carbocycles. The Morgan fingerprint density at radius 1 is 1.31 bits per heavy atom. The Hall–Kier alpha value is -1.43.